The first-order valence-electron chi connectivity index (χ1n) is 4.37. The lowest BCUT2D eigenvalue weighted by Crippen LogP contribution is -2.10. The molecular weight excluding hydrogens is 154 g/mol. The summed E-state index contributed by atoms with van der Waals surface area (Å²) < 4.78 is 5.07. The van der Waals surface area contributed by atoms with E-state index in [4.69, 9.17) is 4.52 Å². The fourth-order valence-corrected chi connectivity index (χ4v) is 1.11. The maximum Gasteiger partial charge on any atom is 0.227 e. The average Bonchev–Trinajstić information content (AvgIpc) is 2.83. The van der Waals surface area contributed by atoms with Crippen molar-refractivity contribution in [3.63, 3.8) is 0 Å². The van der Waals surface area contributed by atoms with Crippen LogP contribution in [0.1, 0.15) is 30.5 Å². The molecule has 1 aliphatic rings. The van der Waals surface area contributed by atoms with Crippen LogP contribution in [0.4, 0.5) is 0 Å². The molecule has 2 rings (SSSR count). The Kier molecular flexibility index (Phi) is 2.08. The van der Waals surface area contributed by atoms with Crippen molar-refractivity contribution >= 4 is 0 Å². The van der Waals surface area contributed by atoms with Gasteiger partial charge in [-0.25, -0.2) is 0 Å². The van der Waals surface area contributed by atoms with E-state index in [1.165, 1.54) is 12.8 Å². The number of hydrogen-bond donors (Lipinski definition) is 1. The van der Waals surface area contributed by atoms with E-state index in [0.29, 0.717) is 5.92 Å². The van der Waals surface area contributed by atoms with Gasteiger partial charge in [0.1, 0.15) is 0 Å². The van der Waals surface area contributed by atoms with Crippen molar-refractivity contribution in [1.82, 2.24) is 15.5 Å². The molecule has 0 bridgehead atoms. The predicted octanol–water partition coefficient (Wildman–Crippen LogP) is 0.709. The van der Waals surface area contributed by atoms with Gasteiger partial charge in [0, 0.05) is 18.9 Å². The van der Waals surface area contributed by atoms with Crippen molar-refractivity contribution in [1.29, 1.82) is 0 Å². The van der Waals surface area contributed by atoms with Crippen molar-refractivity contribution in [2.45, 2.75) is 25.2 Å². The highest BCUT2D eigenvalue weighted by Gasteiger charge is 2.28. The average molecular weight is 167 g/mol. The van der Waals surface area contributed by atoms with Gasteiger partial charge in [0.15, 0.2) is 5.82 Å². The number of nitrogens with zero attached hydrogens (tertiary/aromatic N) is 2. The van der Waals surface area contributed by atoms with Gasteiger partial charge in [-0.2, -0.15) is 4.98 Å². The summed E-state index contributed by atoms with van der Waals surface area (Å²) in [5, 5.41) is 6.96. The molecule has 1 heterocycles. The van der Waals surface area contributed by atoms with Gasteiger partial charge in [-0.05, 0) is 19.9 Å². The molecule has 0 aromatic carbocycles. The molecule has 4 heteroatoms. The van der Waals surface area contributed by atoms with Gasteiger partial charge in [-0.3, -0.25) is 0 Å². The van der Waals surface area contributed by atoms with Gasteiger partial charge in [-0.15, -0.1) is 0 Å². The number of hydrogen-bond acceptors (Lipinski definition) is 4. The lowest BCUT2D eigenvalue weighted by molar-refractivity contribution is 0.372. The van der Waals surface area contributed by atoms with E-state index in [2.05, 4.69) is 15.5 Å². The molecule has 12 heavy (non-hydrogen) atoms. The fourth-order valence-electron chi connectivity index (χ4n) is 1.11. The Balaban J connectivity index is 1.93. The number of aromatic nitrogens is 2. The van der Waals surface area contributed by atoms with Crippen molar-refractivity contribution in [2.75, 3.05) is 13.6 Å². The van der Waals surface area contributed by atoms with Crippen LogP contribution in [0.3, 0.4) is 0 Å². The largest absolute Gasteiger partial charge is 0.339 e. The molecule has 0 radical (unpaired) electrons. The highest BCUT2D eigenvalue weighted by molar-refractivity contribution is 5.03. The summed E-state index contributed by atoms with van der Waals surface area (Å²) in [7, 11) is 1.91. The minimum absolute atomic E-state index is 0.595. The van der Waals surface area contributed by atoms with E-state index in [0.717, 1.165) is 24.7 Å². The number of nitrogens with one attached hydrogen (secondary N) is 1. The standard InChI is InChI=1S/C8H13N3O/c1-9-5-4-7-10-8(11-12-7)6-2-3-6/h6,9H,2-5H2,1H3. The fraction of sp³-hybridized carbons (Fsp3) is 0.750. The summed E-state index contributed by atoms with van der Waals surface area (Å²) in [4.78, 5) is 4.29. The molecule has 1 aliphatic carbocycles. The van der Waals surface area contributed by atoms with Gasteiger partial charge in [0.2, 0.25) is 5.89 Å². The first-order chi connectivity index (χ1) is 5.90. The maximum atomic E-state index is 5.07. The lowest BCUT2D eigenvalue weighted by atomic mass is 10.4. The highest BCUT2D eigenvalue weighted by atomic mass is 16.5. The minimum Gasteiger partial charge on any atom is -0.339 e. The molecule has 0 amide bonds. The summed E-state index contributed by atoms with van der Waals surface area (Å²) in [6.07, 6.45) is 3.28. The zero-order chi connectivity index (χ0) is 8.39. The normalized spacial score (nSPS) is 16.8. The third-order valence-electron chi connectivity index (χ3n) is 2.02. The van der Waals surface area contributed by atoms with Crippen LogP contribution >= 0.6 is 0 Å². The summed E-state index contributed by atoms with van der Waals surface area (Å²) in [6.45, 7) is 0.895. The Bertz CT molecular complexity index is 255. The molecule has 1 aromatic rings. The smallest absolute Gasteiger partial charge is 0.227 e. The Hall–Kier alpha value is -0.900. The second kappa shape index (κ2) is 3.23. The van der Waals surface area contributed by atoms with Crippen LogP contribution in [0.15, 0.2) is 4.52 Å². The lowest BCUT2D eigenvalue weighted by Gasteiger charge is -1.90. The summed E-state index contributed by atoms with van der Waals surface area (Å²) in [5.74, 6) is 2.25. The Morgan fingerprint density at radius 1 is 1.58 bits per heavy atom. The number of likely N-dealkylation sites (N-methyl/N-ethyl adjacent to an activating group) is 1. The highest BCUT2D eigenvalue weighted by Crippen LogP contribution is 2.37. The van der Waals surface area contributed by atoms with E-state index >= 15 is 0 Å². The van der Waals surface area contributed by atoms with Crippen molar-refractivity contribution in [2.24, 2.45) is 0 Å². The van der Waals surface area contributed by atoms with E-state index in [9.17, 15) is 0 Å². The van der Waals surface area contributed by atoms with Crippen LogP contribution in [-0.2, 0) is 6.42 Å². The van der Waals surface area contributed by atoms with E-state index in [1.54, 1.807) is 0 Å². The van der Waals surface area contributed by atoms with Gasteiger partial charge < -0.3 is 9.84 Å². The molecular formula is C8H13N3O. The molecule has 0 atom stereocenters. The Morgan fingerprint density at radius 3 is 3.08 bits per heavy atom. The van der Waals surface area contributed by atoms with Crippen molar-refractivity contribution in [3.8, 4) is 0 Å². The van der Waals surface area contributed by atoms with Crippen LogP contribution in [0.25, 0.3) is 0 Å². The summed E-state index contributed by atoms with van der Waals surface area (Å²) in [5.41, 5.74) is 0. The topological polar surface area (TPSA) is 51.0 Å². The van der Waals surface area contributed by atoms with Crippen LogP contribution in [0.2, 0.25) is 0 Å². The van der Waals surface area contributed by atoms with Gasteiger partial charge in [-0.1, -0.05) is 5.16 Å². The van der Waals surface area contributed by atoms with Crippen LogP contribution in [-0.4, -0.2) is 23.7 Å². The van der Waals surface area contributed by atoms with Crippen LogP contribution < -0.4 is 5.32 Å². The van der Waals surface area contributed by atoms with E-state index in [1.807, 2.05) is 7.05 Å². The third kappa shape index (κ3) is 1.64. The van der Waals surface area contributed by atoms with E-state index in [-0.39, 0.29) is 0 Å². The molecule has 66 valence electrons. The third-order valence-corrected chi connectivity index (χ3v) is 2.02. The molecule has 1 N–H and O–H groups in total. The Labute approximate surface area is 71.4 Å². The predicted molar refractivity (Wildman–Crippen MR) is 43.9 cm³/mol. The molecule has 1 saturated carbocycles. The van der Waals surface area contributed by atoms with Gasteiger partial charge in [0.25, 0.3) is 0 Å². The monoisotopic (exact) mass is 167 g/mol. The van der Waals surface area contributed by atoms with Crippen LogP contribution in [0.5, 0.6) is 0 Å². The second-order valence-corrected chi connectivity index (χ2v) is 3.17. The van der Waals surface area contributed by atoms with Gasteiger partial charge >= 0.3 is 0 Å². The van der Waals surface area contributed by atoms with Crippen molar-refractivity contribution in [3.05, 3.63) is 11.7 Å². The summed E-state index contributed by atoms with van der Waals surface area (Å²) >= 11 is 0. The zero-order valence-corrected chi connectivity index (χ0v) is 7.21. The first-order valence-corrected chi connectivity index (χ1v) is 4.37. The molecule has 4 nitrogen and oxygen atoms in total. The first kappa shape index (κ1) is 7.73. The van der Waals surface area contributed by atoms with E-state index < -0.39 is 0 Å². The molecule has 0 saturated heterocycles. The zero-order valence-electron chi connectivity index (χ0n) is 7.21. The van der Waals surface area contributed by atoms with Crippen molar-refractivity contribution < 1.29 is 4.52 Å². The molecule has 0 spiro atoms. The van der Waals surface area contributed by atoms with Crippen LogP contribution in [0, 0.1) is 0 Å². The molecule has 1 fully saturated rings. The number of rotatable bonds is 4. The second-order valence-electron chi connectivity index (χ2n) is 3.17. The van der Waals surface area contributed by atoms with Gasteiger partial charge in [0.05, 0.1) is 0 Å². The minimum atomic E-state index is 0.595. The SMILES string of the molecule is CNCCc1nc(C2CC2)no1. The molecule has 1 aromatic heterocycles. The Morgan fingerprint density at radius 2 is 2.42 bits per heavy atom. The molecule has 0 aliphatic heterocycles. The molecule has 0 unspecified atom stereocenters. The quantitative estimate of drug-likeness (QED) is 0.717. The maximum absolute atomic E-state index is 5.07. The summed E-state index contributed by atoms with van der Waals surface area (Å²) in [6, 6.07) is 0.